The highest BCUT2D eigenvalue weighted by Crippen LogP contribution is 2.25. The van der Waals surface area contributed by atoms with E-state index >= 15 is 0 Å². The first-order valence-corrected chi connectivity index (χ1v) is 6.67. The molecule has 0 fully saturated rings. The molecule has 0 saturated heterocycles. The molecule has 17 heavy (non-hydrogen) atoms. The predicted octanol–water partition coefficient (Wildman–Crippen LogP) is 2.58. The number of hydrogen-bond acceptors (Lipinski definition) is 2. The summed E-state index contributed by atoms with van der Waals surface area (Å²) < 4.78 is 13.9. The maximum Gasteiger partial charge on any atom is 0.140 e. The lowest BCUT2D eigenvalue weighted by Crippen LogP contribution is -2.43. The lowest BCUT2D eigenvalue weighted by molar-refractivity contribution is -0.114. The zero-order valence-corrected chi connectivity index (χ0v) is 11.9. The Labute approximate surface area is 109 Å². The van der Waals surface area contributed by atoms with Crippen molar-refractivity contribution in [2.45, 2.75) is 31.2 Å². The third-order valence-electron chi connectivity index (χ3n) is 2.75. The Hall–Kier alpha value is -0.710. The van der Waals surface area contributed by atoms with Gasteiger partial charge in [0.15, 0.2) is 0 Å². The molecule has 0 N–H and O–H groups in total. The molecule has 1 aromatic rings. The minimum absolute atomic E-state index is 0.577. The van der Waals surface area contributed by atoms with E-state index < -0.39 is 16.5 Å². The summed E-state index contributed by atoms with van der Waals surface area (Å²) in [7, 11) is 0.256. The summed E-state index contributed by atoms with van der Waals surface area (Å²) in [6.45, 7) is 5.26. The van der Waals surface area contributed by atoms with E-state index in [1.165, 1.54) is 4.31 Å². The Morgan fingerprint density at radius 2 is 2.00 bits per heavy atom. The number of carbonyl (C=O) groups excluding carboxylic acids is 1. The van der Waals surface area contributed by atoms with Crippen molar-refractivity contribution in [1.29, 1.82) is 0 Å². The van der Waals surface area contributed by atoms with Crippen LogP contribution in [-0.4, -0.2) is 27.4 Å². The maximum absolute atomic E-state index is 12.3. The van der Waals surface area contributed by atoms with E-state index in [1.807, 2.05) is 6.92 Å². The average Bonchev–Trinajstić information content (AvgIpc) is 2.30. The van der Waals surface area contributed by atoms with Crippen molar-refractivity contribution in [3.05, 3.63) is 28.8 Å². The van der Waals surface area contributed by atoms with Crippen molar-refractivity contribution >= 4 is 28.9 Å². The van der Waals surface area contributed by atoms with Crippen LogP contribution in [0.15, 0.2) is 23.1 Å². The van der Waals surface area contributed by atoms with Gasteiger partial charge in [0, 0.05) is 12.1 Å². The summed E-state index contributed by atoms with van der Waals surface area (Å²) >= 11 is 5.99. The van der Waals surface area contributed by atoms with Crippen LogP contribution in [0.25, 0.3) is 0 Å². The number of benzene rings is 1. The number of halogens is 1. The van der Waals surface area contributed by atoms with Gasteiger partial charge < -0.3 is 4.79 Å². The van der Waals surface area contributed by atoms with Gasteiger partial charge in [-0.2, -0.15) is 0 Å². The van der Waals surface area contributed by atoms with Gasteiger partial charge in [-0.05, 0) is 38.5 Å². The van der Waals surface area contributed by atoms with Gasteiger partial charge in [-0.3, -0.25) is 0 Å². The molecule has 0 spiro atoms. The van der Waals surface area contributed by atoms with Crippen molar-refractivity contribution < 1.29 is 9.00 Å². The van der Waals surface area contributed by atoms with Crippen LogP contribution in [0.4, 0.5) is 0 Å². The number of nitrogens with zero attached hydrogens (tertiary/aromatic N) is 1. The van der Waals surface area contributed by atoms with Crippen LogP contribution in [0, 0.1) is 6.92 Å². The maximum atomic E-state index is 12.3. The second-order valence-electron chi connectivity index (χ2n) is 4.38. The summed E-state index contributed by atoms with van der Waals surface area (Å²) in [6.07, 6.45) is 0.783. The molecule has 0 aliphatic heterocycles. The van der Waals surface area contributed by atoms with Crippen molar-refractivity contribution in [2.24, 2.45) is 0 Å². The molecule has 0 bridgehead atoms. The molecule has 0 heterocycles. The van der Waals surface area contributed by atoms with Gasteiger partial charge in [0.05, 0.1) is 10.4 Å². The average molecular weight is 274 g/mol. The lowest BCUT2D eigenvalue weighted by atomic mass is 10.1. The highest BCUT2D eigenvalue weighted by atomic mass is 35.5. The van der Waals surface area contributed by atoms with Crippen LogP contribution in [0.3, 0.4) is 0 Å². The summed E-state index contributed by atoms with van der Waals surface area (Å²) in [6, 6.07) is 5.27. The fourth-order valence-electron chi connectivity index (χ4n) is 1.21. The van der Waals surface area contributed by atoms with E-state index in [2.05, 4.69) is 0 Å². The highest BCUT2D eigenvalue weighted by molar-refractivity contribution is 7.82. The highest BCUT2D eigenvalue weighted by Gasteiger charge is 2.28. The molecule has 5 heteroatoms. The number of rotatable bonds is 4. The second-order valence-corrected chi connectivity index (χ2v) is 6.27. The van der Waals surface area contributed by atoms with Gasteiger partial charge in [-0.1, -0.05) is 17.7 Å². The number of hydrogen-bond donors (Lipinski definition) is 0. The Kier molecular flexibility index (Phi) is 4.47. The fraction of sp³-hybridized carbons (Fsp3) is 0.417. The molecule has 94 valence electrons. The van der Waals surface area contributed by atoms with Gasteiger partial charge in [0.1, 0.15) is 17.3 Å². The van der Waals surface area contributed by atoms with E-state index in [0.717, 1.165) is 11.8 Å². The molecule has 1 atom stereocenters. The summed E-state index contributed by atoms with van der Waals surface area (Å²) in [5.74, 6) is 0. The number of carbonyl (C=O) groups is 1. The third-order valence-corrected chi connectivity index (χ3v) is 4.95. The Morgan fingerprint density at radius 3 is 2.53 bits per heavy atom. The summed E-state index contributed by atoms with van der Waals surface area (Å²) in [5.41, 5.74) is 0.000593. The van der Waals surface area contributed by atoms with E-state index in [0.29, 0.717) is 9.92 Å². The first-order chi connectivity index (χ1) is 7.81. The van der Waals surface area contributed by atoms with Crippen molar-refractivity contribution in [3.63, 3.8) is 0 Å². The molecule has 0 saturated carbocycles. The predicted molar refractivity (Wildman–Crippen MR) is 70.5 cm³/mol. The Bertz CT molecular complexity index is 460. The largest absolute Gasteiger partial charge is 0.301 e. The van der Waals surface area contributed by atoms with Crippen molar-refractivity contribution in [3.8, 4) is 0 Å². The van der Waals surface area contributed by atoms with Gasteiger partial charge in [-0.15, -0.1) is 0 Å². The first kappa shape index (κ1) is 14.4. The molecular formula is C12H16ClNO2S. The summed E-state index contributed by atoms with van der Waals surface area (Å²) in [4.78, 5) is 11.6. The Morgan fingerprint density at radius 1 is 1.41 bits per heavy atom. The van der Waals surface area contributed by atoms with Crippen LogP contribution in [0.1, 0.15) is 19.4 Å². The molecule has 0 radical (unpaired) electrons. The standard InChI is InChI=1S/C12H16ClNO2S/c1-9-10(13)6-5-7-11(9)17(16)14(4)12(2,3)8-15/h5-8H,1-4H3. The molecule has 1 aromatic carbocycles. The molecule has 0 aliphatic rings. The minimum Gasteiger partial charge on any atom is -0.301 e. The molecule has 3 nitrogen and oxygen atoms in total. The van der Waals surface area contributed by atoms with Crippen molar-refractivity contribution in [2.75, 3.05) is 7.05 Å². The second kappa shape index (κ2) is 5.29. The fourth-order valence-corrected chi connectivity index (χ4v) is 2.78. The van der Waals surface area contributed by atoms with E-state index in [9.17, 15) is 9.00 Å². The van der Waals surface area contributed by atoms with Crippen LogP contribution in [0.5, 0.6) is 0 Å². The van der Waals surface area contributed by atoms with Crippen LogP contribution >= 0.6 is 11.6 Å². The van der Waals surface area contributed by atoms with E-state index in [4.69, 9.17) is 11.6 Å². The first-order valence-electron chi connectivity index (χ1n) is 5.18. The Balaban J connectivity index is 3.14. The monoisotopic (exact) mass is 273 g/mol. The van der Waals surface area contributed by atoms with Crippen LogP contribution < -0.4 is 0 Å². The smallest absolute Gasteiger partial charge is 0.140 e. The third kappa shape index (κ3) is 2.94. The van der Waals surface area contributed by atoms with E-state index in [1.54, 1.807) is 39.1 Å². The zero-order chi connectivity index (χ0) is 13.2. The SMILES string of the molecule is Cc1c(Cl)cccc1S(=O)N(C)C(C)(C)C=O. The van der Waals surface area contributed by atoms with Gasteiger partial charge >= 0.3 is 0 Å². The number of likely N-dealkylation sites (N-methyl/N-ethyl adjacent to an activating group) is 1. The van der Waals surface area contributed by atoms with Crippen LogP contribution in [-0.2, 0) is 15.8 Å². The minimum atomic E-state index is -1.40. The zero-order valence-electron chi connectivity index (χ0n) is 10.4. The van der Waals surface area contributed by atoms with Crippen molar-refractivity contribution in [1.82, 2.24) is 4.31 Å². The van der Waals surface area contributed by atoms with Gasteiger partial charge in [0.2, 0.25) is 0 Å². The van der Waals surface area contributed by atoms with Gasteiger partial charge in [-0.25, -0.2) is 8.51 Å². The molecular weight excluding hydrogens is 258 g/mol. The molecule has 0 amide bonds. The topological polar surface area (TPSA) is 37.4 Å². The van der Waals surface area contributed by atoms with Gasteiger partial charge in [0.25, 0.3) is 0 Å². The van der Waals surface area contributed by atoms with Crippen LogP contribution in [0.2, 0.25) is 5.02 Å². The quantitative estimate of drug-likeness (QED) is 0.791. The molecule has 0 aliphatic carbocycles. The number of aldehydes is 1. The molecule has 1 unspecified atom stereocenters. The molecule has 1 rings (SSSR count). The normalized spacial score (nSPS) is 13.8. The molecule has 0 aromatic heterocycles. The van der Waals surface area contributed by atoms with E-state index in [-0.39, 0.29) is 0 Å². The lowest BCUT2D eigenvalue weighted by Gasteiger charge is -2.29. The summed E-state index contributed by atoms with van der Waals surface area (Å²) in [5, 5.41) is 0.577.